The summed E-state index contributed by atoms with van der Waals surface area (Å²) in [6.07, 6.45) is 8.40. The van der Waals surface area contributed by atoms with Crippen LogP contribution in [0.4, 0.5) is 5.13 Å². The molecule has 0 bridgehead atoms. The van der Waals surface area contributed by atoms with Crippen LogP contribution in [0.5, 0.6) is 0 Å². The van der Waals surface area contributed by atoms with Crippen molar-refractivity contribution in [3.63, 3.8) is 0 Å². The Morgan fingerprint density at radius 1 is 0.964 bits per heavy atom. The highest BCUT2D eigenvalue weighted by molar-refractivity contribution is 7.19. The molecule has 138 valence electrons. The monoisotopic (exact) mass is 406 g/mol. The van der Waals surface area contributed by atoms with Crippen molar-refractivity contribution in [2.75, 3.05) is 5.32 Å². The third kappa shape index (κ3) is 4.08. The largest absolute Gasteiger partial charge is 0.301 e. The van der Waals surface area contributed by atoms with Crippen LogP contribution in [-0.2, 0) is 4.79 Å². The summed E-state index contributed by atoms with van der Waals surface area (Å²) in [5, 5.41) is 4.00. The van der Waals surface area contributed by atoms with E-state index in [1.165, 1.54) is 11.3 Å². The lowest BCUT2D eigenvalue weighted by Gasteiger charge is -2.16. The summed E-state index contributed by atoms with van der Waals surface area (Å²) in [6, 6.07) is 15.2. The van der Waals surface area contributed by atoms with Gasteiger partial charge in [-0.3, -0.25) is 14.8 Å². The number of anilines is 1. The van der Waals surface area contributed by atoms with Gasteiger partial charge >= 0.3 is 0 Å². The number of aromatic nitrogens is 3. The highest BCUT2D eigenvalue weighted by Gasteiger charge is 2.24. The molecule has 4 rings (SSSR count). The van der Waals surface area contributed by atoms with Crippen molar-refractivity contribution in [2.45, 2.75) is 5.92 Å². The molecule has 0 saturated heterocycles. The molecule has 0 radical (unpaired) electrons. The summed E-state index contributed by atoms with van der Waals surface area (Å²) in [6.45, 7) is 0. The zero-order valence-electron chi connectivity index (χ0n) is 14.6. The average Bonchev–Trinajstić information content (AvgIpc) is 3.18. The normalized spacial score (nSPS) is 11.8. The molecule has 0 aliphatic heterocycles. The van der Waals surface area contributed by atoms with Crippen LogP contribution in [0, 0.1) is 0 Å². The van der Waals surface area contributed by atoms with Gasteiger partial charge in [-0.15, -0.1) is 0 Å². The van der Waals surface area contributed by atoms with E-state index in [2.05, 4.69) is 20.3 Å². The summed E-state index contributed by atoms with van der Waals surface area (Å²) in [4.78, 5) is 26.6. The molecule has 0 spiro atoms. The Morgan fingerprint density at radius 2 is 1.79 bits per heavy atom. The third-order valence-corrected chi connectivity index (χ3v) is 5.31. The second-order valence-corrected chi connectivity index (χ2v) is 7.51. The number of thiazole rings is 1. The molecule has 5 nitrogen and oxygen atoms in total. The fourth-order valence-electron chi connectivity index (χ4n) is 2.88. The molecule has 3 heterocycles. The number of rotatable bonds is 5. The maximum atomic E-state index is 13.1. The van der Waals surface area contributed by atoms with Crippen LogP contribution in [0.2, 0.25) is 5.02 Å². The highest BCUT2D eigenvalue weighted by atomic mass is 35.5. The summed E-state index contributed by atoms with van der Waals surface area (Å²) in [5.41, 5.74) is 2.57. The number of benzene rings is 1. The van der Waals surface area contributed by atoms with E-state index in [4.69, 9.17) is 11.6 Å². The van der Waals surface area contributed by atoms with Crippen molar-refractivity contribution < 1.29 is 4.79 Å². The molecule has 1 amide bonds. The molecule has 0 fully saturated rings. The molecule has 3 aromatic heterocycles. The predicted octanol–water partition coefficient (Wildman–Crippen LogP) is 5.02. The van der Waals surface area contributed by atoms with Crippen LogP contribution >= 0.6 is 22.9 Å². The smallest absolute Gasteiger partial charge is 0.238 e. The third-order valence-electron chi connectivity index (χ3n) is 4.14. The zero-order chi connectivity index (χ0) is 19.3. The van der Waals surface area contributed by atoms with Crippen molar-refractivity contribution in [3.05, 3.63) is 95.7 Å². The second kappa shape index (κ2) is 8.29. The van der Waals surface area contributed by atoms with Gasteiger partial charge in [-0.2, -0.15) is 0 Å². The number of nitrogens with zero attached hydrogens (tertiary/aromatic N) is 3. The summed E-state index contributed by atoms with van der Waals surface area (Å²) >= 11 is 7.38. The lowest BCUT2D eigenvalue weighted by atomic mass is 9.92. The number of carbonyl (C=O) groups excluding carboxylic acids is 1. The summed E-state index contributed by atoms with van der Waals surface area (Å²) in [7, 11) is 0. The Morgan fingerprint density at radius 3 is 2.54 bits per heavy atom. The molecule has 1 N–H and O–H groups in total. The van der Waals surface area contributed by atoms with Crippen LogP contribution in [0.3, 0.4) is 0 Å². The van der Waals surface area contributed by atoms with Gasteiger partial charge < -0.3 is 5.32 Å². The number of amides is 1. The number of hydrogen-bond donors (Lipinski definition) is 1. The Hall–Kier alpha value is -3.09. The fourth-order valence-corrected chi connectivity index (χ4v) is 3.85. The zero-order valence-corrected chi connectivity index (χ0v) is 16.2. The minimum absolute atomic E-state index is 0.163. The standard InChI is InChI=1S/C21H15ClN4OS/c22-17-9-16(11-24-12-17)18-13-25-21(28-18)26-20(27)19(14-5-2-1-3-6-14)15-7-4-8-23-10-15/h1-13,19H,(H,25,26,27). The maximum absolute atomic E-state index is 13.1. The van der Waals surface area contributed by atoms with Gasteiger partial charge in [-0.1, -0.05) is 59.3 Å². The molecular formula is C21H15ClN4OS. The first kappa shape index (κ1) is 18.3. The lowest BCUT2D eigenvalue weighted by Crippen LogP contribution is -2.22. The van der Waals surface area contributed by atoms with Gasteiger partial charge in [0.2, 0.25) is 5.91 Å². The van der Waals surface area contributed by atoms with E-state index in [0.29, 0.717) is 10.2 Å². The molecule has 0 aliphatic carbocycles. The van der Waals surface area contributed by atoms with Crippen LogP contribution < -0.4 is 5.32 Å². The second-order valence-electron chi connectivity index (χ2n) is 6.04. The van der Waals surface area contributed by atoms with E-state index in [-0.39, 0.29) is 5.91 Å². The maximum Gasteiger partial charge on any atom is 0.238 e. The van der Waals surface area contributed by atoms with Crippen molar-refractivity contribution in [2.24, 2.45) is 0 Å². The molecule has 4 aromatic rings. The van der Waals surface area contributed by atoms with E-state index in [0.717, 1.165) is 21.6 Å². The minimum Gasteiger partial charge on any atom is -0.301 e. The van der Waals surface area contributed by atoms with Crippen molar-refractivity contribution in [3.8, 4) is 10.4 Å². The SMILES string of the molecule is O=C(Nc1ncc(-c2cncc(Cl)c2)s1)C(c1ccccc1)c1cccnc1. The molecule has 28 heavy (non-hydrogen) atoms. The van der Waals surface area contributed by atoms with Crippen LogP contribution in [0.15, 0.2) is 79.5 Å². The molecule has 7 heteroatoms. The van der Waals surface area contributed by atoms with Gasteiger partial charge in [0, 0.05) is 36.5 Å². The van der Waals surface area contributed by atoms with Gasteiger partial charge in [0.1, 0.15) is 0 Å². The predicted molar refractivity (Wildman–Crippen MR) is 112 cm³/mol. The summed E-state index contributed by atoms with van der Waals surface area (Å²) < 4.78 is 0. The fraction of sp³-hybridized carbons (Fsp3) is 0.0476. The number of halogens is 1. The van der Waals surface area contributed by atoms with Crippen LogP contribution in [0.25, 0.3) is 10.4 Å². The highest BCUT2D eigenvalue weighted by Crippen LogP contribution is 2.31. The van der Waals surface area contributed by atoms with Gasteiger partial charge in [-0.05, 0) is 23.3 Å². The molecular weight excluding hydrogens is 392 g/mol. The number of carbonyl (C=O) groups is 1. The molecule has 1 atom stereocenters. The molecule has 0 aliphatic rings. The molecule has 0 saturated carbocycles. The van der Waals surface area contributed by atoms with E-state index in [1.54, 1.807) is 31.0 Å². The lowest BCUT2D eigenvalue weighted by molar-refractivity contribution is -0.116. The minimum atomic E-state index is -0.477. The first-order valence-corrected chi connectivity index (χ1v) is 9.72. The van der Waals surface area contributed by atoms with Gasteiger partial charge in [-0.25, -0.2) is 4.98 Å². The van der Waals surface area contributed by atoms with E-state index in [1.807, 2.05) is 48.5 Å². The number of pyridine rings is 2. The topological polar surface area (TPSA) is 67.8 Å². The quantitative estimate of drug-likeness (QED) is 0.505. The van der Waals surface area contributed by atoms with Crippen LogP contribution in [0.1, 0.15) is 17.0 Å². The Bertz CT molecular complexity index is 1050. The van der Waals surface area contributed by atoms with Gasteiger partial charge in [0.25, 0.3) is 0 Å². The van der Waals surface area contributed by atoms with Gasteiger partial charge in [0.05, 0.1) is 15.8 Å². The Kier molecular flexibility index (Phi) is 5.41. The average molecular weight is 407 g/mol. The molecule has 1 unspecified atom stereocenters. The summed E-state index contributed by atoms with van der Waals surface area (Å²) in [5.74, 6) is -0.639. The van der Waals surface area contributed by atoms with E-state index < -0.39 is 5.92 Å². The number of hydrogen-bond acceptors (Lipinski definition) is 5. The Balaban J connectivity index is 1.60. The van der Waals surface area contributed by atoms with E-state index >= 15 is 0 Å². The van der Waals surface area contributed by atoms with Crippen molar-refractivity contribution >= 4 is 34.0 Å². The van der Waals surface area contributed by atoms with E-state index in [9.17, 15) is 4.79 Å². The number of nitrogens with one attached hydrogen (secondary N) is 1. The van der Waals surface area contributed by atoms with Crippen molar-refractivity contribution in [1.29, 1.82) is 0 Å². The first-order chi connectivity index (χ1) is 13.7. The first-order valence-electron chi connectivity index (χ1n) is 8.53. The van der Waals surface area contributed by atoms with Crippen LogP contribution in [-0.4, -0.2) is 20.9 Å². The van der Waals surface area contributed by atoms with Gasteiger partial charge in [0.15, 0.2) is 5.13 Å². The Labute approximate surface area is 171 Å². The van der Waals surface area contributed by atoms with Crippen molar-refractivity contribution in [1.82, 2.24) is 15.0 Å². The molecule has 1 aromatic carbocycles.